The summed E-state index contributed by atoms with van der Waals surface area (Å²) in [6.07, 6.45) is 4.25. The first-order valence-corrected chi connectivity index (χ1v) is 6.67. The quantitative estimate of drug-likeness (QED) is 0.883. The molecule has 1 aromatic heterocycles. The lowest BCUT2D eigenvalue weighted by molar-refractivity contribution is -0.0101. The number of anilines is 1. The third-order valence-corrected chi connectivity index (χ3v) is 3.68. The molecule has 98 valence electrons. The molecule has 1 aliphatic heterocycles. The highest BCUT2D eigenvalue weighted by atomic mass is 16.5. The van der Waals surface area contributed by atoms with Crippen LogP contribution < -0.4 is 9.64 Å². The SMILES string of the molecule is CC(C)Oc1cccnc1N1CC(O)(C2CC2)C1. The van der Waals surface area contributed by atoms with Crippen LogP contribution in [0.1, 0.15) is 26.7 Å². The lowest BCUT2D eigenvalue weighted by atomic mass is 9.89. The van der Waals surface area contributed by atoms with Gasteiger partial charge in [-0.15, -0.1) is 0 Å². The first-order valence-electron chi connectivity index (χ1n) is 6.67. The summed E-state index contributed by atoms with van der Waals surface area (Å²) in [5.74, 6) is 2.17. The minimum atomic E-state index is -0.480. The maximum absolute atomic E-state index is 10.3. The number of β-amino-alcohol motifs (C(OH)–C–C–N with tert-alkyl or cyclic N) is 1. The molecule has 0 atom stereocenters. The van der Waals surface area contributed by atoms with E-state index in [1.807, 2.05) is 26.0 Å². The summed E-state index contributed by atoms with van der Waals surface area (Å²) < 4.78 is 5.76. The standard InChI is InChI=1S/C14H20N2O2/c1-10(2)18-12-4-3-7-15-13(12)16-8-14(17,9-16)11-5-6-11/h3-4,7,10-11,17H,5-6,8-9H2,1-2H3. The van der Waals surface area contributed by atoms with Gasteiger partial charge in [0.15, 0.2) is 11.6 Å². The van der Waals surface area contributed by atoms with E-state index in [2.05, 4.69) is 9.88 Å². The van der Waals surface area contributed by atoms with E-state index in [1.54, 1.807) is 6.20 Å². The van der Waals surface area contributed by atoms with Crippen LogP contribution in [0.3, 0.4) is 0 Å². The Kier molecular flexibility index (Phi) is 2.70. The van der Waals surface area contributed by atoms with Gasteiger partial charge in [-0.25, -0.2) is 4.98 Å². The number of aromatic nitrogens is 1. The Bertz CT molecular complexity index is 437. The van der Waals surface area contributed by atoms with Crippen molar-refractivity contribution in [2.45, 2.75) is 38.4 Å². The Morgan fingerprint density at radius 1 is 1.44 bits per heavy atom. The molecule has 1 aliphatic carbocycles. The Labute approximate surface area is 108 Å². The van der Waals surface area contributed by atoms with Crippen molar-refractivity contribution in [2.24, 2.45) is 5.92 Å². The van der Waals surface area contributed by atoms with E-state index in [4.69, 9.17) is 4.74 Å². The Morgan fingerprint density at radius 3 is 2.78 bits per heavy atom. The molecule has 1 N–H and O–H groups in total. The summed E-state index contributed by atoms with van der Waals surface area (Å²) >= 11 is 0. The number of hydrogen-bond donors (Lipinski definition) is 1. The second-order valence-corrected chi connectivity index (χ2v) is 5.73. The molecule has 0 radical (unpaired) electrons. The van der Waals surface area contributed by atoms with Crippen LogP contribution in [0, 0.1) is 5.92 Å². The molecule has 2 fully saturated rings. The largest absolute Gasteiger partial charge is 0.487 e. The van der Waals surface area contributed by atoms with E-state index in [-0.39, 0.29) is 6.10 Å². The molecule has 4 nitrogen and oxygen atoms in total. The minimum Gasteiger partial charge on any atom is -0.487 e. The van der Waals surface area contributed by atoms with Gasteiger partial charge in [-0.1, -0.05) is 0 Å². The van der Waals surface area contributed by atoms with Gasteiger partial charge in [-0.3, -0.25) is 0 Å². The van der Waals surface area contributed by atoms with Gasteiger partial charge < -0.3 is 14.7 Å². The summed E-state index contributed by atoms with van der Waals surface area (Å²) in [5.41, 5.74) is -0.480. The minimum absolute atomic E-state index is 0.136. The van der Waals surface area contributed by atoms with Crippen molar-refractivity contribution < 1.29 is 9.84 Å². The normalized spacial score (nSPS) is 21.9. The molecule has 1 saturated heterocycles. The van der Waals surface area contributed by atoms with Crippen molar-refractivity contribution in [2.75, 3.05) is 18.0 Å². The average molecular weight is 248 g/mol. The Hall–Kier alpha value is -1.29. The monoisotopic (exact) mass is 248 g/mol. The molecule has 2 aliphatic rings. The molecule has 1 aromatic rings. The first kappa shape index (κ1) is 11.8. The molecular formula is C14H20N2O2. The summed E-state index contributed by atoms with van der Waals surface area (Å²) in [5, 5.41) is 10.3. The molecular weight excluding hydrogens is 228 g/mol. The average Bonchev–Trinajstić information content (AvgIpc) is 3.09. The highest BCUT2D eigenvalue weighted by molar-refractivity contribution is 5.55. The number of ether oxygens (including phenoxy) is 1. The summed E-state index contributed by atoms with van der Waals surface area (Å²) in [6, 6.07) is 3.82. The summed E-state index contributed by atoms with van der Waals surface area (Å²) in [4.78, 5) is 6.50. The molecule has 0 spiro atoms. The molecule has 4 heteroatoms. The van der Waals surface area contributed by atoms with E-state index in [1.165, 1.54) is 12.8 Å². The van der Waals surface area contributed by atoms with Crippen LogP contribution in [0.2, 0.25) is 0 Å². The van der Waals surface area contributed by atoms with E-state index in [0.29, 0.717) is 19.0 Å². The van der Waals surface area contributed by atoms with Crippen LogP contribution in [-0.4, -0.2) is 34.9 Å². The van der Waals surface area contributed by atoms with E-state index >= 15 is 0 Å². The van der Waals surface area contributed by atoms with Gasteiger partial charge in [0.25, 0.3) is 0 Å². The zero-order valence-corrected chi connectivity index (χ0v) is 11.0. The number of hydrogen-bond acceptors (Lipinski definition) is 4. The molecule has 0 aromatic carbocycles. The van der Waals surface area contributed by atoms with Gasteiger partial charge in [-0.2, -0.15) is 0 Å². The molecule has 0 amide bonds. The summed E-state index contributed by atoms with van der Waals surface area (Å²) in [7, 11) is 0. The Morgan fingerprint density at radius 2 is 2.17 bits per heavy atom. The second-order valence-electron chi connectivity index (χ2n) is 5.73. The van der Waals surface area contributed by atoms with Gasteiger partial charge in [-0.05, 0) is 44.7 Å². The van der Waals surface area contributed by atoms with Crippen molar-refractivity contribution in [3.8, 4) is 5.75 Å². The number of nitrogens with zero attached hydrogens (tertiary/aromatic N) is 2. The van der Waals surface area contributed by atoms with Gasteiger partial charge in [0.1, 0.15) is 5.60 Å². The maximum Gasteiger partial charge on any atom is 0.171 e. The highest BCUT2D eigenvalue weighted by Crippen LogP contribution is 2.46. The zero-order chi connectivity index (χ0) is 12.8. The van der Waals surface area contributed by atoms with Gasteiger partial charge in [0.2, 0.25) is 0 Å². The zero-order valence-electron chi connectivity index (χ0n) is 11.0. The van der Waals surface area contributed by atoms with Crippen LogP contribution in [-0.2, 0) is 0 Å². The lowest BCUT2D eigenvalue weighted by Gasteiger charge is -2.48. The fourth-order valence-electron chi connectivity index (χ4n) is 2.61. The van der Waals surface area contributed by atoms with E-state index in [0.717, 1.165) is 11.6 Å². The predicted octanol–water partition coefficient (Wildman–Crippen LogP) is 1.83. The maximum atomic E-state index is 10.3. The molecule has 3 rings (SSSR count). The highest BCUT2D eigenvalue weighted by Gasteiger charge is 2.52. The Balaban J connectivity index is 1.73. The van der Waals surface area contributed by atoms with E-state index < -0.39 is 5.60 Å². The first-order chi connectivity index (χ1) is 8.58. The predicted molar refractivity (Wildman–Crippen MR) is 69.9 cm³/mol. The molecule has 1 saturated carbocycles. The van der Waals surface area contributed by atoms with Crippen LogP contribution in [0.25, 0.3) is 0 Å². The van der Waals surface area contributed by atoms with Crippen LogP contribution in [0.15, 0.2) is 18.3 Å². The van der Waals surface area contributed by atoms with Crippen molar-refractivity contribution >= 4 is 5.82 Å². The lowest BCUT2D eigenvalue weighted by Crippen LogP contribution is -2.63. The molecule has 0 bridgehead atoms. The van der Waals surface area contributed by atoms with Crippen molar-refractivity contribution in [3.05, 3.63) is 18.3 Å². The second kappa shape index (κ2) is 4.12. The van der Waals surface area contributed by atoms with Gasteiger partial charge in [0, 0.05) is 6.20 Å². The van der Waals surface area contributed by atoms with Gasteiger partial charge in [0.05, 0.1) is 19.2 Å². The number of pyridine rings is 1. The van der Waals surface area contributed by atoms with Crippen LogP contribution >= 0.6 is 0 Å². The fourth-order valence-corrected chi connectivity index (χ4v) is 2.61. The third-order valence-electron chi connectivity index (χ3n) is 3.68. The van der Waals surface area contributed by atoms with E-state index in [9.17, 15) is 5.11 Å². The van der Waals surface area contributed by atoms with Crippen molar-refractivity contribution in [1.82, 2.24) is 4.98 Å². The van der Waals surface area contributed by atoms with Crippen molar-refractivity contribution in [1.29, 1.82) is 0 Å². The topological polar surface area (TPSA) is 45.6 Å². The molecule has 2 heterocycles. The van der Waals surface area contributed by atoms with Gasteiger partial charge >= 0.3 is 0 Å². The van der Waals surface area contributed by atoms with Crippen LogP contribution in [0.5, 0.6) is 5.75 Å². The third kappa shape index (κ3) is 2.05. The molecule has 18 heavy (non-hydrogen) atoms. The number of aliphatic hydroxyl groups is 1. The van der Waals surface area contributed by atoms with Crippen molar-refractivity contribution in [3.63, 3.8) is 0 Å². The molecule has 0 unspecified atom stereocenters. The number of rotatable bonds is 4. The van der Waals surface area contributed by atoms with Crippen LogP contribution in [0.4, 0.5) is 5.82 Å². The fraction of sp³-hybridized carbons (Fsp3) is 0.643. The summed E-state index contributed by atoms with van der Waals surface area (Å²) in [6.45, 7) is 5.38. The smallest absolute Gasteiger partial charge is 0.171 e.